The average Bonchev–Trinajstić information content (AvgIpc) is 3.17. The standard InChI is InChI=1S/C18H20N6O3/c1-26-14-5-4-13(12-15(14)27-2)23-18(25)22-9-11-24-10-8-21-17(24)16-19-6-3-7-20-16/h3-8,10,12H,9,11H2,1-2H3,(H2,22,23,25). The molecule has 0 atom stereocenters. The van der Waals surface area contributed by atoms with E-state index in [2.05, 4.69) is 25.6 Å². The fourth-order valence-electron chi connectivity index (χ4n) is 2.49. The molecule has 9 heteroatoms. The Bertz CT molecular complexity index is 897. The van der Waals surface area contributed by atoms with Crippen LogP contribution in [-0.2, 0) is 6.54 Å². The van der Waals surface area contributed by atoms with Crippen LogP contribution >= 0.6 is 0 Å². The summed E-state index contributed by atoms with van der Waals surface area (Å²) in [5.41, 5.74) is 0.603. The van der Waals surface area contributed by atoms with Gasteiger partial charge >= 0.3 is 6.03 Å². The van der Waals surface area contributed by atoms with E-state index in [0.717, 1.165) is 0 Å². The van der Waals surface area contributed by atoms with E-state index in [-0.39, 0.29) is 6.03 Å². The highest BCUT2D eigenvalue weighted by Crippen LogP contribution is 2.29. The summed E-state index contributed by atoms with van der Waals surface area (Å²) < 4.78 is 12.3. The van der Waals surface area contributed by atoms with Gasteiger partial charge in [-0.1, -0.05) is 0 Å². The number of hydrogen-bond acceptors (Lipinski definition) is 6. The van der Waals surface area contributed by atoms with E-state index in [1.165, 1.54) is 0 Å². The van der Waals surface area contributed by atoms with Gasteiger partial charge in [0, 0.05) is 49.6 Å². The Balaban J connectivity index is 1.54. The highest BCUT2D eigenvalue weighted by molar-refractivity contribution is 5.89. The number of anilines is 1. The number of rotatable bonds is 7. The fraction of sp³-hybridized carbons (Fsp3) is 0.222. The van der Waals surface area contributed by atoms with Gasteiger partial charge in [0.1, 0.15) is 0 Å². The number of benzene rings is 1. The van der Waals surface area contributed by atoms with Crippen molar-refractivity contribution in [1.29, 1.82) is 0 Å². The van der Waals surface area contributed by atoms with Crippen LogP contribution in [0.15, 0.2) is 49.1 Å². The maximum Gasteiger partial charge on any atom is 0.319 e. The molecule has 2 N–H and O–H groups in total. The molecule has 1 aromatic carbocycles. The van der Waals surface area contributed by atoms with Gasteiger partial charge in [-0.3, -0.25) is 0 Å². The number of aromatic nitrogens is 4. The number of methoxy groups -OCH3 is 2. The third kappa shape index (κ3) is 4.51. The Kier molecular flexibility index (Phi) is 5.83. The van der Waals surface area contributed by atoms with Gasteiger partial charge in [-0.15, -0.1) is 0 Å². The number of nitrogens with zero attached hydrogens (tertiary/aromatic N) is 4. The summed E-state index contributed by atoms with van der Waals surface area (Å²) in [6.45, 7) is 0.947. The average molecular weight is 368 g/mol. The SMILES string of the molecule is COc1ccc(NC(=O)NCCn2ccnc2-c2ncccn2)cc1OC. The molecule has 3 rings (SSSR count). The zero-order valence-corrected chi connectivity index (χ0v) is 15.0. The Morgan fingerprint density at radius 1 is 1.07 bits per heavy atom. The Hall–Kier alpha value is -3.62. The van der Waals surface area contributed by atoms with Gasteiger partial charge in [0.15, 0.2) is 23.1 Å². The first-order chi connectivity index (χ1) is 13.2. The second-order valence-electron chi connectivity index (χ2n) is 5.47. The lowest BCUT2D eigenvalue weighted by molar-refractivity contribution is 0.251. The van der Waals surface area contributed by atoms with Crippen molar-refractivity contribution in [2.75, 3.05) is 26.1 Å². The molecule has 3 aromatic rings. The monoisotopic (exact) mass is 368 g/mol. The molecule has 2 heterocycles. The molecule has 2 aromatic heterocycles. The first kappa shape index (κ1) is 18.2. The lowest BCUT2D eigenvalue weighted by Crippen LogP contribution is -2.31. The van der Waals surface area contributed by atoms with Gasteiger partial charge in [0.05, 0.1) is 14.2 Å². The summed E-state index contributed by atoms with van der Waals surface area (Å²) in [6, 6.07) is 6.59. The van der Waals surface area contributed by atoms with Gasteiger partial charge < -0.3 is 24.7 Å². The third-order valence-corrected chi connectivity index (χ3v) is 3.76. The van der Waals surface area contributed by atoms with Crippen molar-refractivity contribution in [3.8, 4) is 23.1 Å². The number of imidazole rings is 1. The van der Waals surface area contributed by atoms with Crippen LogP contribution in [0.25, 0.3) is 11.6 Å². The zero-order valence-electron chi connectivity index (χ0n) is 15.0. The quantitative estimate of drug-likeness (QED) is 0.663. The van der Waals surface area contributed by atoms with E-state index in [4.69, 9.17) is 9.47 Å². The minimum atomic E-state index is -0.320. The molecule has 0 aliphatic rings. The molecule has 27 heavy (non-hydrogen) atoms. The number of hydrogen-bond donors (Lipinski definition) is 2. The summed E-state index contributed by atoms with van der Waals surface area (Å²) in [5, 5.41) is 5.56. The molecule has 0 aliphatic carbocycles. The highest BCUT2D eigenvalue weighted by Gasteiger charge is 2.09. The summed E-state index contributed by atoms with van der Waals surface area (Å²) in [7, 11) is 3.10. The number of nitrogens with one attached hydrogen (secondary N) is 2. The number of carbonyl (C=O) groups excluding carboxylic acids is 1. The minimum Gasteiger partial charge on any atom is -0.493 e. The maximum absolute atomic E-state index is 12.1. The second kappa shape index (κ2) is 8.65. The molecule has 140 valence electrons. The number of ether oxygens (including phenoxy) is 2. The van der Waals surface area contributed by atoms with Crippen molar-refractivity contribution in [3.63, 3.8) is 0 Å². The maximum atomic E-state index is 12.1. The van der Waals surface area contributed by atoms with Gasteiger partial charge in [-0.2, -0.15) is 0 Å². The first-order valence-electron chi connectivity index (χ1n) is 8.26. The fourth-order valence-corrected chi connectivity index (χ4v) is 2.49. The predicted molar refractivity (Wildman–Crippen MR) is 99.8 cm³/mol. The van der Waals surface area contributed by atoms with Crippen molar-refractivity contribution in [3.05, 3.63) is 49.1 Å². The van der Waals surface area contributed by atoms with Crippen LogP contribution in [0.3, 0.4) is 0 Å². The van der Waals surface area contributed by atoms with Crippen LogP contribution in [-0.4, -0.2) is 46.3 Å². The number of amides is 2. The third-order valence-electron chi connectivity index (χ3n) is 3.76. The Labute approximate surface area is 156 Å². The van der Waals surface area contributed by atoms with E-state index in [1.54, 1.807) is 57.1 Å². The molecule has 0 spiro atoms. The Morgan fingerprint density at radius 2 is 1.85 bits per heavy atom. The van der Waals surface area contributed by atoms with Crippen molar-refractivity contribution in [2.45, 2.75) is 6.54 Å². The summed E-state index contributed by atoms with van der Waals surface area (Å²) in [6.07, 6.45) is 6.82. The zero-order chi connectivity index (χ0) is 19.1. The van der Waals surface area contributed by atoms with E-state index in [0.29, 0.717) is 41.9 Å². The van der Waals surface area contributed by atoms with Crippen LogP contribution in [0, 0.1) is 0 Å². The molecule has 2 amide bonds. The largest absolute Gasteiger partial charge is 0.493 e. The molecule has 0 saturated carbocycles. The van der Waals surface area contributed by atoms with Crippen molar-refractivity contribution < 1.29 is 14.3 Å². The topological polar surface area (TPSA) is 103 Å². The molecule has 0 unspecified atom stereocenters. The molecule has 0 fully saturated rings. The second-order valence-corrected chi connectivity index (χ2v) is 5.47. The molecule has 0 aliphatic heterocycles. The molecular weight excluding hydrogens is 348 g/mol. The highest BCUT2D eigenvalue weighted by atomic mass is 16.5. The van der Waals surface area contributed by atoms with E-state index >= 15 is 0 Å². The molecule has 9 nitrogen and oxygen atoms in total. The van der Waals surface area contributed by atoms with Gasteiger partial charge in [-0.25, -0.2) is 19.7 Å². The Morgan fingerprint density at radius 3 is 2.59 bits per heavy atom. The molecule has 0 bridgehead atoms. The van der Waals surface area contributed by atoms with Crippen LogP contribution in [0.1, 0.15) is 0 Å². The van der Waals surface area contributed by atoms with Crippen LogP contribution in [0.4, 0.5) is 10.5 Å². The minimum absolute atomic E-state index is 0.320. The van der Waals surface area contributed by atoms with E-state index in [9.17, 15) is 4.79 Å². The smallest absolute Gasteiger partial charge is 0.319 e. The number of urea groups is 1. The van der Waals surface area contributed by atoms with Crippen LogP contribution in [0.5, 0.6) is 11.5 Å². The van der Waals surface area contributed by atoms with E-state index in [1.807, 2.05) is 10.8 Å². The number of carbonyl (C=O) groups is 1. The molecular formula is C18H20N6O3. The van der Waals surface area contributed by atoms with Crippen molar-refractivity contribution in [1.82, 2.24) is 24.8 Å². The molecule has 0 saturated heterocycles. The van der Waals surface area contributed by atoms with Gasteiger partial charge in [0.25, 0.3) is 0 Å². The summed E-state index contributed by atoms with van der Waals surface area (Å²) in [5.74, 6) is 2.33. The van der Waals surface area contributed by atoms with Gasteiger partial charge in [-0.05, 0) is 18.2 Å². The van der Waals surface area contributed by atoms with Gasteiger partial charge in [0.2, 0.25) is 0 Å². The lowest BCUT2D eigenvalue weighted by Gasteiger charge is -2.12. The lowest BCUT2D eigenvalue weighted by atomic mass is 10.3. The normalized spacial score (nSPS) is 10.3. The first-order valence-corrected chi connectivity index (χ1v) is 8.26. The van der Waals surface area contributed by atoms with Crippen molar-refractivity contribution >= 4 is 11.7 Å². The molecule has 0 radical (unpaired) electrons. The van der Waals surface area contributed by atoms with Crippen LogP contribution < -0.4 is 20.1 Å². The van der Waals surface area contributed by atoms with Crippen molar-refractivity contribution in [2.24, 2.45) is 0 Å². The van der Waals surface area contributed by atoms with Crippen LogP contribution in [0.2, 0.25) is 0 Å². The summed E-state index contributed by atoms with van der Waals surface area (Å²) >= 11 is 0. The van der Waals surface area contributed by atoms with E-state index < -0.39 is 0 Å². The summed E-state index contributed by atoms with van der Waals surface area (Å²) in [4.78, 5) is 24.8. The predicted octanol–water partition coefficient (Wildman–Crippen LogP) is 2.18.